The number of hydrogen-bond donors (Lipinski definition) is 3. The summed E-state index contributed by atoms with van der Waals surface area (Å²) < 4.78 is 5.31. The van der Waals surface area contributed by atoms with Gasteiger partial charge in [-0.05, 0) is 47.1 Å². The first kappa shape index (κ1) is 18.9. The third-order valence-electron chi connectivity index (χ3n) is 4.45. The number of rotatable bonds is 6. The Balaban J connectivity index is 1.60. The van der Waals surface area contributed by atoms with Crippen molar-refractivity contribution in [3.05, 3.63) is 53.2 Å². The van der Waals surface area contributed by atoms with Gasteiger partial charge in [-0.3, -0.25) is 5.10 Å². The summed E-state index contributed by atoms with van der Waals surface area (Å²) in [6, 6.07) is 12.8. The molecule has 2 aromatic heterocycles. The van der Waals surface area contributed by atoms with Crippen LogP contribution >= 0.6 is 0 Å². The number of carboxylic acid groups (broad SMARTS) is 1. The average molecular weight is 403 g/mol. The molecule has 0 fully saturated rings. The first-order valence-electron chi connectivity index (χ1n) is 8.95. The van der Waals surface area contributed by atoms with Gasteiger partial charge in [-0.2, -0.15) is 15.3 Å². The number of aromatic nitrogens is 4. The summed E-state index contributed by atoms with van der Waals surface area (Å²) in [4.78, 5) is 17.3. The van der Waals surface area contributed by atoms with Gasteiger partial charge < -0.3 is 19.8 Å². The number of nitrogens with one attached hydrogen (secondary N) is 2. The molecule has 3 N–H and O–H groups in total. The van der Waals surface area contributed by atoms with Crippen molar-refractivity contribution in [3.63, 3.8) is 0 Å². The molecule has 0 spiro atoms. The Kier molecular flexibility index (Phi) is 4.77. The summed E-state index contributed by atoms with van der Waals surface area (Å²) in [7, 11) is 3.62. The Hall–Kier alpha value is -4.39. The number of hydrogen-bond acceptors (Lipinski definition) is 8. The predicted octanol–water partition coefficient (Wildman–Crippen LogP) is 2.86. The first-order chi connectivity index (χ1) is 14.4. The number of anilines is 2. The molecule has 0 aliphatic rings. The van der Waals surface area contributed by atoms with Gasteiger partial charge >= 0.3 is 5.97 Å². The van der Waals surface area contributed by atoms with Gasteiger partial charge in [-0.15, -0.1) is 0 Å². The molecular formula is C20H17N7O3. The molecule has 30 heavy (non-hydrogen) atoms. The minimum Gasteiger partial charge on any atom is -0.476 e. The van der Waals surface area contributed by atoms with Crippen LogP contribution in [0, 0.1) is 11.3 Å². The number of carboxylic acids is 1. The highest BCUT2D eigenvalue weighted by molar-refractivity contribution is 6.01. The van der Waals surface area contributed by atoms with Gasteiger partial charge in [-0.25, -0.2) is 4.79 Å². The molecule has 2 heterocycles. The highest BCUT2D eigenvalue weighted by atomic mass is 16.5. The number of nitrogens with zero attached hydrogens (tertiary/aromatic N) is 5. The maximum absolute atomic E-state index is 11.3. The number of aromatic amines is 1. The number of fused-ring (bicyclic) bond motifs is 1. The van der Waals surface area contributed by atoms with Crippen LogP contribution in [0.2, 0.25) is 0 Å². The minimum absolute atomic E-state index is 0.0319. The van der Waals surface area contributed by atoms with Gasteiger partial charge in [0, 0.05) is 37.3 Å². The fourth-order valence-corrected chi connectivity index (χ4v) is 2.99. The smallest absolute Gasteiger partial charge is 0.357 e. The molecule has 0 saturated carbocycles. The maximum atomic E-state index is 11.3. The van der Waals surface area contributed by atoms with Gasteiger partial charge in [0.15, 0.2) is 5.69 Å². The summed E-state index contributed by atoms with van der Waals surface area (Å²) in [5.41, 5.74) is 3.27. The Bertz CT molecular complexity index is 1280. The van der Waals surface area contributed by atoms with Crippen LogP contribution in [0.3, 0.4) is 0 Å². The van der Waals surface area contributed by atoms with E-state index in [0.29, 0.717) is 40.4 Å². The monoisotopic (exact) mass is 403 g/mol. The third-order valence-corrected chi connectivity index (χ3v) is 4.45. The van der Waals surface area contributed by atoms with E-state index in [1.807, 2.05) is 26.2 Å². The number of carbonyl (C=O) groups is 1. The third kappa shape index (κ3) is 3.64. The fourth-order valence-electron chi connectivity index (χ4n) is 2.99. The second-order valence-corrected chi connectivity index (χ2v) is 6.82. The number of benzene rings is 2. The summed E-state index contributed by atoms with van der Waals surface area (Å²) in [6.07, 6.45) is 0. The second kappa shape index (κ2) is 7.56. The van der Waals surface area contributed by atoms with Crippen LogP contribution in [0.5, 0.6) is 0 Å². The molecule has 4 rings (SSSR count). The molecule has 2 aromatic carbocycles. The van der Waals surface area contributed by atoms with Crippen molar-refractivity contribution in [1.29, 1.82) is 5.26 Å². The van der Waals surface area contributed by atoms with Crippen LogP contribution in [-0.4, -0.2) is 45.5 Å². The van der Waals surface area contributed by atoms with Gasteiger partial charge in [0.1, 0.15) is 0 Å². The second-order valence-electron chi connectivity index (χ2n) is 6.82. The van der Waals surface area contributed by atoms with E-state index in [9.17, 15) is 15.2 Å². The zero-order chi connectivity index (χ0) is 21.3. The number of H-pyrrole nitrogens is 1. The standard InChI is InChI=1S/C20H17N7O3/c1-27(2)20-23-18(30-26-20)13-6-11(9-21)5-12(7-13)10-22-14-3-4-16-15(8-14)17(19(28)29)25-24-16/h3-8,22H,10H2,1-2H3,(H,24,25)(H,28,29). The number of nitriles is 1. The molecule has 0 atom stereocenters. The zero-order valence-electron chi connectivity index (χ0n) is 16.2. The topological polar surface area (TPSA) is 144 Å². The van der Waals surface area contributed by atoms with Crippen LogP contribution in [0.15, 0.2) is 40.9 Å². The Morgan fingerprint density at radius 3 is 2.83 bits per heavy atom. The molecule has 0 bridgehead atoms. The van der Waals surface area contributed by atoms with Crippen molar-refractivity contribution in [2.24, 2.45) is 0 Å². The van der Waals surface area contributed by atoms with Gasteiger partial charge in [0.2, 0.25) is 0 Å². The van der Waals surface area contributed by atoms with Crippen molar-refractivity contribution in [1.82, 2.24) is 20.3 Å². The van der Waals surface area contributed by atoms with Crippen LogP contribution in [0.4, 0.5) is 11.6 Å². The highest BCUT2D eigenvalue weighted by Gasteiger charge is 2.14. The molecule has 4 aromatic rings. The fraction of sp³-hybridized carbons (Fsp3) is 0.150. The SMILES string of the molecule is CN(C)c1noc(-c2cc(C#N)cc(CNc3ccc4[nH]nc(C(=O)O)c4c3)c2)n1. The van der Waals surface area contributed by atoms with Crippen LogP contribution in [0.25, 0.3) is 22.4 Å². The van der Waals surface area contributed by atoms with Crippen molar-refractivity contribution >= 4 is 28.5 Å². The van der Waals surface area contributed by atoms with E-state index in [-0.39, 0.29) is 5.69 Å². The molecule has 150 valence electrons. The van der Waals surface area contributed by atoms with E-state index < -0.39 is 5.97 Å². The van der Waals surface area contributed by atoms with Crippen molar-refractivity contribution < 1.29 is 14.4 Å². The lowest BCUT2D eigenvalue weighted by atomic mass is 10.1. The Morgan fingerprint density at radius 2 is 2.13 bits per heavy atom. The molecule has 10 heteroatoms. The summed E-state index contributed by atoms with van der Waals surface area (Å²) in [5, 5.41) is 32.8. The lowest BCUT2D eigenvalue weighted by molar-refractivity contribution is 0.0692. The highest BCUT2D eigenvalue weighted by Crippen LogP contribution is 2.24. The molecular weight excluding hydrogens is 386 g/mol. The van der Waals surface area contributed by atoms with E-state index >= 15 is 0 Å². The molecule has 0 saturated heterocycles. The normalized spacial score (nSPS) is 10.7. The summed E-state index contributed by atoms with van der Waals surface area (Å²) in [6.45, 7) is 0.406. The molecule has 0 amide bonds. The first-order valence-corrected chi connectivity index (χ1v) is 8.95. The lowest BCUT2D eigenvalue weighted by Gasteiger charge is -2.08. The average Bonchev–Trinajstić information content (AvgIpc) is 3.39. The summed E-state index contributed by atoms with van der Waals surface area (Å²) in [5.74, 6) is -0.334. The molecule has 0 unspecified atom stereocenters. The minimum atomic E-state index is -1.10. The van der Waals surface area contributed by atoms with E-state index in [0.717, 1.165) is 11.3 Å². The van der Waals surface area contributed by atoms with Crippen LogP contribution in [0.1, 0.15) is 21.6 Å². The molecule has 0 radical (unpaired) electrons. The lowest BCUT2D eigenvalue weighted by Crippen LogP contribution is -2.10. The quantitative estimate of drug-likeness (QED) is 0.442. The van der Waals surface area contributed by atoms with E-state index in [1.165, 1.54) is 0 Å². The Labute approximate surface area is 170 Å². The van der Waals surface area contributed by atoms with Gasteiger partial charge in [0.05, 0.1) is 17.1 Å². The maximum Gasteiger partial charge on any atom is 0.357 e. The van der Waals surface area contributed by atoms with Gasteiger partial charge in [0.25, 0.3) is 11.8 Å². The predicted molar refractivity (Wildman–Crippen MR) is 109 cm³/mol. The van der Waals surface area contributed by atoms with Gasteiger partial charge in [-0.1, -0.05) is 0 Å². The van der Waals surface area contributed by atoms with Crippen molar-refractivity contribution in [2.75, 3.05) is 24.3 Å². The summed E-state index contributed by atoms with van der Waals surface area (Å²) >= 11 is 0. The Morgan fingerprint density at radius 1 is 1.30 bits per heavy atom. The number of aromatic carboxylic acids is 1. The van der Waals surface area contributed by atoms with E-state index in [4.69, 9.17) is 4.52 Å². The zero-order valence-corrected chi connectivity index (χ0v) is 16.2. The van der Waals surface area contributed by atoms with E-state index in [2.05, 4.69) is 31.7 Å². The van der Waals surface area contributed by atoms with Crippen LogP contribution < -0.4 is 10.2 Å². The van der Waals surface area contributed by atoms with E-state index in [1.54, 1.807) is 29.2 Å². The van der Waals surface area contributed by atoms with Crippen molar-refractivity contribution in [2.45, 2.75) is 6.54 Å². The largest absolute Gasteiger partial charge is 0.476 e. The van der Waals surface area contributed by atoms with Crippen molar-refractivity contribution in [3.8, 4) is 17.5 Å². The molecule has 0 aliphatic carbocycles. The molecule has 0 aliphatic heterocycles. The van der Waals surface area contributed by atoms with Crippen LogP contribution in [-0.2, 0) is 6.54 Å². The molecule has 10 nitrogen and oxygen atoms in total.